The summed E-state index contributed by atoms with van der Waals surface area (Å²) in [6, 6.07) is 0.451. The van der Waals surface area contributed by atoms with Crippen LogP contribution >= 0.6 is 0 Å². The first-order valence-electron chi connectivity index (χ1n) is 4.67. The maximum Gasteiger partial charge on any atom is 0.234 e. The third-order valence-corrected chi connectivity index (χ3v) is 1.94. The van der Waals surface area contributed by atoms with Gasteiger partial charge in [-0.3, -0.25) is 9.69 Å². The van der Waals surface area contributed by atoms with Crippen molar-refractivity contribution < 1.29 is 4.79 Å². The molecular weight excluding hydrogens is 166 g/mol. The lowest BCUT2D eigenvalue weighted by molar-refractivity contribution is -0.122. The number of rotatable bonds is 5. The Balaban J connectivity index is 3.77. The Morgan fingerprint density at radius 2 is 2.00 bits per heavy atom. The summed E-state index contributed by atoms with van der Waals surface area (Å²) in [6.07, 6.45) is 0. The minimum Gasteiger partial charge on any atom is -0.353 e. The summed E-state index contributed by atoms with van der Waals surface area (Å²) in [5, 5.41) is 2.83. The molecule has 4 nitrogen and oxygen atoms in total. The van der Waals surface area contributed by atoms with Gasteiger partial charge in [-0.05, 0) is 27.8 Å². The molecule has 78 valence electrons. The van der Waals surface area contributed by atoms with Gasteiger partial charge in [0.05, 0.1) is 6.54 Å². The summed E-state index contributed by atoms with van der Waals surface area (Å²) in [5.41, 5.74) is 5.48. The predicted molar refractivity (Wildman–Crippen MR) is 54.4 cm³/mol. The highest BCUT2D eigenvalue weighted by molar-refractivity contribution is 5.78. The van der Waals surface area contributed by atoms with Crippen molar-refractivity contribution in [3.63, 3.8) is 0 Å². The molecule has 0 saturated carbocycles. The molecule has 0 spiro atoms. The summed E-state index contributed by atoms with van der Waals surface area (Å²) < 4.78 is 0. The Morgan fingerprint density at radius 1 is 1.46 bits per heavy atom. The zero-order valence-corrected chi connectivity index (χ0v) is 9.00. The highest BCUT2D eigenvalue weighted by Gasteiger charge is 2.11. The summed E-state index contributed by atoms with van der Waals surface area (Å²) in [4.78, 5) is 13.2. The average molecular weight is 187 g/mol. The fourth-order valence-corrected chi connectivity index (χ4v) is 0.930. The summed E-state index contributed by atoms with van der Waals surface area (Å²) in [7, 11) is 1.90. The smallest absolute Gasteiger partial charge is 0.234 e. The maximum absolute atomic E-state index is 11.3. The van der Waals surface area contributed by atoms with Gasteiger partial charge in [0, 0.05) is 18.6 Å². The van der Waals surface area contributed by atoms with E-state index in [0.29, 0.717) is 13.1 Å². The fourth-order valence-electron chi connectivity index (χ4n) is 0.930. The van der Waals surface area contributed by atoms with Crippen LogP contribution in [-0.2, 0) is 4.79 Å². The third kappa shape index (κ3) is 5.60. The van der Waals surface area contributed by atoms with Gasteiger partial charge in [-0.2, -0.15) is 0 Å². The van der Waals surface area contributed by atoms with Gasteiger partial charge in [0.2, 0.25) is 5.91 Å². The van der Waals surface area contributed by atoms with Crippen molar-refractivity contribution in [3.8, 4) is 0 Å². The second-order valence-electron chi connectivity index (χ2n) is 3.72. The van der Waals surface area contributed by atoms with Crippen molar-refractivity contribution in [1.82, 2.24) is 10.2 Å². The maximum atomic E-state index is 11.3. The van der Waals surface area contributed by atoms with Crippen molar-refractivity contribution >= 4 is 5.91 Å². The van der Waals surface area contributed by atoms with E-state index >= 15 is 0 Å². The van der Waals surface area contributed by atoms with E-state index in [0.717, 1.165) is 0 Å². The van der Waals surface area contributed by atoms with E-state index < -0.39 is 0 Å². The second-order valence-corrected chi connectivity index (χ2v) is 3.72. The second kappa shape index (κ2) is 5.94. The van der Waals surface area contributed by atoms with Crippen LogP contribution in [0, 0.1) is 0 Å². The number of hydrogen-bond donors (Lipinski definition) is 2. The monoisotopic (exact) mass is 187 g/mol. The molecule has 1 amide bonds. The van der Waals surface area contributed by atoms with Crippen molar-refractivity contribution in [3.05, 3.63) is 0 Å². The largest absolute Gasteiger partial charge is 0.353 e. The van der Waals surface area contributed by atoms with Gasteiger partial charge in [-0.1, -0.05) is 0 Å². The van der Waals surface area contributed by atoms with E-state index in [4.69, 9.17) is 5.73 Å². The van der Waals surface area contributed by atoms with Gasteiger partial charge < -0.3 is 11.1 Å². The normalized spacial score (nSPS) is 13.5. The number of likely N-dealkylation sites (N-methyl/N-ethyl adjacent to an activating group) is 1. The number of nitrogens with zero attached hydrogens (tertiary/aromatic N) is 1. The molecule has 4 heteroatoms. The topological polar surface area (TPSA) is 58.4 Å². The van der Waals surface area contributed by atoms with Gasteiger partial charge in [0.25, 0.3) is 0 Å². The first kappa shape index (κ1) is 12.4. The molecule has 3 N–H and O–H groups in total. The van der Waals surface area contributed by atoms with Crippen LogP contribution in [0.3, 0.4) is 0 Å². The van der Waals surface area contributed by atoms with Gasteiger partial charge in [0.1, 0.15) is 0 Å². The van der Waals surface area contributed by atoms with Crippen molar-refractivity contribution in [1.29, 1.82) is 0 Å². The number of nitrogens with one attached hydrogen (secondary N) is 1. The molecule has 0 saturated heterocycles. The van der Waals surface area contributed by atoms with Crippen LogP contribution in [0.15, 0.2) is 0 Å². The average Bonchev–Trinajstić information content (AvgIpc) is 2.01. The highest BCUT2D eigenvalue weighted by Crippen LogP contribution is 1.92. The standard InChI is InChI=1S/C9H21N3O/c1-7(2)11-9(13)6-12(4)8(3)5-10/h7-8H,5-6,10H2,1-4H3,(H,11,13). The van der Waals surface area contributed by atoms with E-state index in [1.165, 1.54) is 0 Å². The fraction of sp³-hybridized carbons (Fsp3) is 0.889. The number of nitrogens with two attached hydrogens (primary N) is 1. The van der Waals surface area contributed by atoms with Crippen molar-refractivity contribution in [2.45, 2.75) is 32.9 Å². The molecule has 0 rings (SSSR count). The summed E-state index contributed by atoms with van der Waals surface area (Å²) >= 11 is 0. The first-order chi connectivity index (χ1) is 5.97. The van der Waals surface area contributed by atoms with E-state index in [9.17, 15) is 4.79 Å². The Labute approximate surface area is 80.5 Å². The zero-order chi connectivity index (χ0) is 10.4. The van der Waals surface area contributed by atoms with Crippen molar-refractivity contribution in [2.24, 2.45) is 5.73 Å². The van der Waals surface area contributed by atoms with E-state index in [1.807, 2.05) is 32.7 Å². The SMILES string of the molecule is CC(C)NC(=O)CN(C)C(C)CN. The molecule has 0 fully saturated rings. The molecule has 0 aliphatic rings. The van der Waals surface area contributed by atoms with Crippen LogP contribution in [-0.4, -0.2) is 43.0 Å². The molecule has 0 aromatic rings. The van der Waals surface area contributed by atoms with Gasteiger partial charge in [0.15, 0.2) is 0 Å². The molecule has 1 unspecified atom stereocenters. The van der Waals surface area contributed by atoms with Gasteiger partial charge in [-0.15, -0.1) is 0 Å². The minimum atomic E-state index is 0.0535. The Hall–Kier alpha value is -0.610. The Bertz CT molecular complexity index is 159. The van der Waals surface area contributed by atoms with E-state index in [2.05, 4.69) is 5.32 Å². The molecule has 0 aromatic heterocycles. The molecule has 1 atom stereocenters. The summed E-state index contributed by atoms with van der Waals surface area (Å²) in [5.74, 6) is 0.0535. The molecular formula is C9H21N3O. The molecule has 0 aromatic carbocycles. The molecule has 0 aliphatic carbocycles. The molecule has 0 bridgehead atoms. The van der Waals surface area contributed by atoms with Crippen LogP contribution < -0.4 is 11.1 Å². The lowest BCUT2D eigenvalue weighted by Crippen LogP contribution is -2.43. The van der Waals surface area contributed by atoms with Crippen LogP contribution in [0.4, 0.5) is 0 Å². The lowest BCUT2D eigenvalue weighted by Gasteiger charge is -2.23. The number of carbonyl (C=O) groups excluding carboxylic acids is 1. The van der Waals surface area contributed by atoms with Gasteiger partial charge in [-0.25, -0.2) is 0 Å². The van der Waals surface area contributed by atoms with Gasteiger partial charge >= 0.3 is 0 Å². The minimum absolute atomic E-state index is 0.0535. The van der Waals surface area contributed by atoms with Crippen LogP contribution in [0.2, 0.25) is 0 Å². The number of hydrogen-bond acceptors (Lipinski definition) is 3. The number of carbonyl (C=O) groups is 1. The molecule has 13 heavy (non-hydrogen) atoms. The lowest BCUT2D eigenvalue weighted by atomic mass is 10.3. The number of amides is 1. The Morgan fingerprint density at radius 3 is 2.38 bits per heavy atom. The van der Waals surface area contributed by atoms with E-state index in [-0.39, 0.29) is 18.0 Å². The molecule has 0 aliphatic heterocycles. The third-order valence-electron chi connectivity index (χ3n) is 1.94. The predicted octanol–water partition coefficient (Wildman–Crippen LogP) is -0.210. The highest BCUT2D eigenvalue weighted by atomic mass is 16.2. The van der Waals surface area contributed by atoms with Crippen LogP contribution in [0.1, 0.15) is 20.8 Å². The molecule has 0 radical (unpaired) electrons. The van der Waals surface area contributed by atoms with Crippen LogP contribution in [0.5, 0.6) is 0 Å². The first-order valence-corrected chi connectivity index (χ1v) is 4.67. The quantitative estimate of drug-likeness (QED) is 0.626. The van der Waals surface area contributed by atoms with Crippen LogP contribution in [0.25, 0.3) is 0 Å². The Kier molecular flexibility index (Phi) is 5.66. The molecule has 0 heterocycles. The summed E-state index contributed by atoms with van der Waals surface area (Å²) in [6.45, 7) is 6.89. The van der Waals surface area contributed by atoms with Crippen molar-refractivity contribution in [2.75, 3.05) is 20.1 Å². The zero-order valence-electron chi connectivity index (χ0n) is 9.00. The van der Waals surface area contributed by atoms with E-state index in [1.54, 1.807) is 0 Å².